The topological polar surface area (TPSA) is 62.2 Å². The fraction of sp³-hybridized carbons (Fsp3) is 0.500. The average Bonchev–Trinajstić information content (AvgIpc) is 2.19. The zero-order valence-electron chi connectivity index (χ0n) is 9.95. The molecular weight excluding hydrogens is 204 g/mol. The van der Waals surface area contributed by atoms with Crippen LogP contribution in [0.1, 0.15) is 31.2 Å². The Morgan fingerprint density at radius 2 is 2.19 bits per heavy atom. The van der Waals surface area contributed by atoms with Gasteiger partial charge in [0, 0.05) is 18.2 Å². The van der Waals surface area contributed by atoms with Crippen molar-refractivity contribution in [2.24, 2.45) is 0 Å². The second-order valence-corrected chi connectivity index (χ2v) is 4.06. The number of carbonyl (C=O) groups is 1. The molecule has 16 heavy (non-hydrogen) atoms. The number of aryl methyl sites for hydroxylation is 2. The zero-order valence-corrected chi connectivity index (χ0v) is 9.95. The Bertz CT molecular complexity index is 377. The maximum Gasteiger partial charge on any atom is 0.303 e. The number of hydrogen-bond donors (Lipinski definition) is 2. The van der Waals surface area contributed by atoms with E-state index in [0.29, 0.717) is 6.42 Å². The quantitative estimate of drug-likeness (QED) is 0.802. The normalized spacial score (nSPS) is 12.2. The molecule has 0 aromatic carbocycles. The number of anilines is 1. The number of rotatable bonds is 5. The molecule has 0 aliphatic rings. The van der Waals surface area contributed by atoms with Crippen LogP contribution in [0.3, 0.4) is 0 Å². The van der Waals surface area contributed by atoms with E-state index in [1.165, 1.54) is 0 Å². The minimum atomic E-state index is -0.757. The summed E-state index contributed by atoms with van der Waals surface area (Å²) >= 11 is 0. The van der Waals surface area contributed by atoms with Crippen LogP contribution >= 0.6 is 0 Å². The molecule has 0 aliphatic carbocycles. The lowest BCUT2D eigenvalue weighted by molar-refractivity contribution is -0.137. The minimum absolute atomic E-state index is 0.138. The van der Waals surface area contributed by atoms with Gasteiger partial charge in [0.2, 0.25) is 0 Å². The van der Waals surface area contributed by atoms with Crippen LogP contribution < -0.4 is 5.32 Å². The van der Waals surface area contributed by atoms with Crippen LogP contribution in [-0.2, 0) is 4.79 Å². The van der Waals surface area contributed by atoms with Crippen LogP contribution in [0.15, 0.2) is 12.1 Å². The number of hydrogen-bond acceptors (Lipinski definition) is 3. The van der Waals surface area contributed by atoms with E-state index in [4.69, 9.17) is 5.11 Å². The molecule has 1 atom stereocenters. The number of carboxylic acids is 1. The third kappa shape index (κ3) is 3.88. The highest BCUT2D eigenvalue weighted by atomic mass is 16.4. The summed E-state index contributed by atoms with van der Waals surface area (Å²) in [5.74, 6) is -0.757. The Hall–Kier alpha value is -1.58. The standard InChI is InChI=1S/C12H18N2O2/c1-8-4-6-11(10(3)13-8)14-9(2)5-7-12(15)16/h4,6,9,14H,5,7H2,1-3H3,(H,15,16). The average molecular weight is 222 g/mol. The van der Waals surface area contributed by atoms with Crippen LogP contribution in [-0.4, -0.2) is 22.1 Å². The molecule has 0 fully saturated rings. The van der Waals surface area contributed by atoms with E-state index in [9.17, 15) is 4.79 Å². The second kappa shape index (κ2) is 5.49. The van der Waals surface area contributed by atoms with Gasteiger partial charge in [0.1, 0.15) is 0 Å². The third-order valence-electron chi connectivity index (χ3n) is 2.42. The van der Waals surface area contributed by atoms with Gasteiger partial charge in [-0.2, -0.15) is 0 Å². The van der Waals surface area contributed by atoms with Gasteiger partial charge in [-0.25, -0.2) is 0 Å². The fourth-order valence-electron chi connectivity index (χ4n) is 1.52. The Kier molecular flexibility index (Phi) is 4.28. The summed E-state index contributed by atoms with van der Waals surface area (Å²) in [6.45, 7) is 5.87. The molecule has 88 valence electrons. The predicted molar refractivity (Wildman–Crippen MR) is 63.7 cm³/mol. The van der Waals surface area contributed by atoms with E-state index in [0.717, 1.165) is 17.1 Å². The molecule has 1 unspecified atom stereocenters. The van der Waals surface area contributed by atoms with E-state index < -0.39 is 5.97 Å². The van der Waals surface area contributed by atoms with E-state index in [1.807, 2.05) is 32.9 Å². The van der Waals surface area contributed by atoms with E-state index >= 15 is 0 Å². The molecule has 0 radical (unpaired) electrons. The molecular formula is C12H18N2O2. The van der Waals surface area contributed by atoms with Crippen LogP contribution in [0.2, 0.25) is 0 Å². The van der Waals surface area contributed by atoms with Gasteiger partial charge < -0.3 is 10.4 Å². The minimum Gasteiger partial charge on any atom is -0.481 e. The van der Waals surface area contributed by atoms with E-state index in [2.05, 4.69) is 10.3 Å². The molecule has 1 heterocycles. The molecule has 1 rings (SSSR count). The van der Waals surface area contributed by atoms with Crippen molar-refractivity contribution in [2.75, 3.05) is 5.32 Å². The largest absolute Gasteiger partial charge is 0.481 e. The van der Waals surface area contributed by atoms with Crippen molar-refractivity contribution in [1.82, 2.24) is 4.98 Å². The van der Waals surface area contributed by atoms with E-state index in [1.54, 1.807) is 0 Å². The van der Waals surface area contributed by atoms with Crippen LogP contribution in [0.25, 0.3) is 0 Å². The lowest BCUT2D eigenvalue weighted by Gasteiger charge is -2.15. The van der Waals surface area contributed by atoms with Crippen molar-refractivity contribution < 1.29 is 9.90 Å². The van der Waals surface area contributed by atoms with E-state index in [-0.39, 0.29) is 12.5 Å². The lowest BCUT2D eigenvalue weighted by atomic mass is 10.1. The molecule has 0 saturated carbocycles. The molecule has 1 aromatic rings. The summed E-state index contributed by atoms with van der Waals surface area (Å²) < 4.78 is 0. The summed E-state index contributed by atoms with van der Waals surface area (Å²) in [6, 6.07) is 4.06. The Morgan fingerprint density at radius 1 is 1.50 bits per heavy atom. The van der Waals surface area contributed by atoms with Gasteiger partial charge >= 0.3 is 5.97 Å². The van der Waals surface area contributed by atoms with Crippen molar-refractivity contribution in [3.8, 4) is 0 Å². The van der Waals surface area contributed by atoms with Crippen molar-refractivity contribution >= 4 is 11.7 Å². The molecule has 0 saturated heterocycles. The maximum absolute atomic E-state index is 10.4. The van der Waals surface area contributed by atoms with Gasteiger partial charge in [0.25, 0.3) is 0 Å². The monoisotopic (exact) mass is 222 g/mol. The molecule has 0 bridgehead atoms. The Labute approximate surface area is 95.7 Å². The van der Waals surface area contributed by atoms with Crippen LogP contribution in [0, 0.1) is 13.8 Å². The van der Waals surface area contributed by atoms with Crippen molar-refractivity contribution in [3.63, 3.8) is 0 Å². The van der Waals surface area contributed by atoms with Crippen molar-refractivity contribution in [3.05, 3.63) is 23.5 Å². The number of aromatic nitrogens is 1. The van der Waals surface area contributed by atoms with Crippen molar-refractivity contribution in [1.29, 1.82) is 0 Å². The SMILES string of the molecule is Cc1ccc(NC(C)CCC(=O)O)c(C)n1. The summed E-state index contributed by atoms with van der Waals surface area (Å²) in [4.78, 5) is 14.8. The van der Waals surface area contributed by atoms with Gasteiger partial charge in [-0.1, -0.05) is 0 Å². The molecule has 4 nitrogen and oxygen atoms in total. The maximum atomic E-state index is 10.4. The molecule has 1 aromatic heterocycles. The number of pyridine rings is 1. The summed E-state index contributed by atoms with van der Waals surface area (Å²) in [7, 11) is 0. The molecule has 0 amide bonds. The third-order valence-corrected chi connectivity index (χ3v) is 2.42. The Balaban J connectivity index is 2.55. The number of aliphatic carboxylic acids is 1. The fourth-order valence-corrected chi connectivity index (χ4v) is 1.52. The highest BCUT2D eigenvalue weighted by molar-refractivity contribution is 5.66. The van der Waals surface area contributed by atoms with Gasteiger partial charge in [0.15, 0.2) is 0 Å². The van der Waals surface area contributed by atoms with Crippen LogP contribution in [0.5, 0.6) is 0 Å². The summed E-state index contributed by atoms with van der Waals surface area (Å²) in [5.41, 5.74) is 2.91. The lowest BCUT2D eigenvalue weighted by Crippen LogP contribution is -2.17. The van der Waals surface area contributed by atoms with Gasteiger partial charge in [0.05, 0.1) is 11.4 Å². The second-order valence-electron chi connectivity index (χ2n) is 4.06. The molecule has 2 N–H and O–H groups in total. The zero-order chi connectivity index (χ0) is 12.1. The first kappa shape index (κ1) is 12.5. The smallest absolute Gasteiger partial charge is 0.303 e. The highest BCUT2D eigenvalue weighted by Crippen LogP contribution is 2.15. The molecule has 0 spiro atoms. The Morgan fingerprint density at radius 3 is 2.75 bits per heavy atom. The summed E-state index contributed by atoms with van der Waals surface area (Å²) in [6.07, 6.45) is 0.801. The number of nitrogens with one attached hydrogen (secondary N) is 1. The first-order valence-electron chi connectivity index (χ1n) is 5.41. The molecule has 4 heteroatoms. The number of carboxylic acid groups (broad SMARTS) is 1. The molecule has 0 aliphatic heterocycles. The first-order chi connectivity index (χ1) is 7.49. The highest BCUT2D eigenvalue weighted by Gasteiger charge is 2.07. The van der Waals surface area contributed by atoms with Gasteiger partial charge in [-0.05, 0) is 39.3 Å². The van der Waals surface area contributed by atoms with Gasteiger partial charge in [-0.3, -0.25) is 9.78 Å². The summed E-state index contributed by atoms with van der Waals surface area (Å²) in [5, 5.41) is 11.8. The van der Waals surface area contributed by atoms with Gasteiger partial charge in [-0.15, -0.1) is 0 Å². The first-order valence-corrected chi connectivity index (χ1v) is 5.41. The predicted octanol–water partition coefficient (Wildman–Crippen LogP) is 2.36. The van der Waals surface area contributed by atoms with Crippen molar-refractivity contribution in [2.45, 2.75) is 39.7 Å². The number of nitrogens with zero attached hydrogens (tertiary/aromatic N) is 1. The van der Waals surface area contributed by atoms with Crippen LogP contribution in [0.4, 0.5) is 5.69 Å².